The Hall–Kier alpha value is -2.53. The second-order valence-electron chi connectivity index (χ2n) is 5.96. The summed E-state index contributed by atoms with van der Waals surface area (Å²) in [5.41, 5.74) is 1.50. The van der Waals surface area contributed by atoms with Crippen molar-refractivity contribution in [2.45, 2.75) is 6.04 Å². The van der Waals surface area contributed by atoms with Gasteiger partial charge >= 0.3 is 0 Å². The van der Waals surface area contributed by atoms with Crippen molar-refractivity contribution in [2.75, 3.05) is 5.32 Å². The molecule has 0 aliphatic heterocycles. The molecule has 0 saturated carbocycles. The fraction of sp³-hybridized carbons (Fsp3) is 0.0476. The van der Waals surface area contributed by atoms with Crippen LogP contribution < -0.4 is 10.6 Å². The van der Waals surface area contributed by atoms with Crippen molar-refractivity contribution in [3.63, 3.8) is 0 Å². The highest BCUT2D eigenvalue weighted by atomic mass is 35.5. The highest BCUT2D eigenvalue weighted by molar-refractivity contribution is 6.31. The van der Waals surface area contributed by atoms with Crippen molar-refractivity contribution in [2.24, 2.45) is 0 Å². The number of halogens is 3. The van der Waals surface area contributed by atoms with E-state index in [1.54, 1.807) is 72.8 Å². The van der Waals surface area contributed by atoms with Gasteiger partial charge in [0, 0.05) is 26.3 Å². The first-order valence-corrected chi connectivity index (χ1v) is 9.44. The van der Waals surface area contributed by atoms with E-state index in [4.69, 9.17) is 34.8 Å². The van der Waals surface area contributed by atoms with E-state index in [0.29, 0.717) is 31.9 Å². The Kier molecular flexibility index (Phi) is 6.57. The number of benzene rings is 3. The Labute approximate surface area is 177 Å². The number of nitrogens with one attached hydrogen (secondary N) is 2. The molecule has 2 amide bonds. The zero-order valence-corrected chi connectivity index (χ0v) is 16.7. The fourth-order valence-corrected chi connectivity index (χ4v) is 2.99. The maximum absolute atomic E-state index is 12.9. The topological polar surface area (TPSA) is 58.2 Å². The van der Waals surface area contributed by atoms with Crippen LogP contribution in [0.2, 0.25) is 15.1 Å². The summed E-state index contributed by atoms with van der Waals surface area (Å²) in [5, 5.41) is 7.06. The summed E-state index contributed by atoms with van der Waals surface area (Å²) >= 11 is 17.8. The highest BCUT2D eigenvalue weighted by Gasteiger charge is 2.23. The number of carbonyl (C=O) groups excluding carboxylic acids is 2. The molecule has 0 fully saturated rings. The van der Waals surface area contributed by atoms with Gasteiger partial charge < -0.3 is 10.6 Å². The summed E-state index contributed by atoms with van der Waals surface area (Å²) in [6.07, 6.45) is 0. The van der Waals surface area contributed by atoms with E-state index in [2.05, 4.69) is 10.6 Å². The lowest BCUT2D eigenvalue weighted by Crippen LogP contribution is -2.37. The van der Waals surface area contributed by atoms with E-state index < -0.39 is 17.9 Å². The average Bonchev–Trinajstić information content (AvgIpc) is 2.67. The average molecular weight is 434 g/mol. The molecule has 2 N–H and O–H groups in total. The second kappa shape index (κ2) is 9.11. The van der Waals surface area contributed by atoms with E-state index in [0.717, 1.165) is 0 Å². The molecule has 7 heteroatoms. The van der Waals surface area contributed by atoms with Gasteiger partial charge in [0.15, 0.2) is 0 Å². The van der Waals surface area contributed by atoms with Gasteiger partial charge in [-0.2, -0.15) is 0 Å². The normalized spacial score (nSPS) is 11.5. The molecule has 0 bridgehead atoms. The maximum Gasteiger partial charge on any atom is 0.252 e. The van der Waals surface area contributed by atoms with Gasteiger partial charge in [-0.05, 0) is 60.2 Å². The van der Waals surface area contributed by atoms with Crippen LogP contribution in [0.5, 0.6) is 0 Å². The quantitative estimate of drug-likeness (QED) is 0.538. The predicted molar refractivity (Wildman–Crippen MR) is 113 cm³/mol. The van der Waals surface area contributed by atoms with Crippen LogP contribution in [-0.4, -0.2) is 11.8 Å². The number of carbonyl (C=O) groups is 2. The molecule has 3 rings (SSSR count). The predicted octanol–water partition coefficient (Wildman–Crippen LogP) is 5.76. The minimum atomic E-state index is -0.931. The summed E-state index contributed by atoms with van der Waals surface area (Å²) in [5.74, 6) is -0.815. The molecular formula is C21H15Cl3N2O2. The smallest absolute Gasteiger partial charge is 0.252 e. The van der Waals surface area contributed by atoms with Crippen LogP contribution in [0.15, 0.2) is 72.8 Å². The van der Waals surface area contributed by atoms with Crippen LogP contribution in [-0.2, 0) is 4.79 Å². The van der Waals surface area contributed by atoms with Gasteiger partial charge in [0.1, 0.15) is 6.04 Å². The Balaban J connectivity index is 1.86. The molecule has 0 radical (unpaired) electrons. The van der Waals surface area contributed by atoms with Gasteiger partial charge in [-0.3, -0.25) is 9.59 Å². The minimum Gasteiger partial charge on any atom is -0.336 e. The molecule has 0 aliphatic rings. The number of rotatable bonds is 5. The van der Waals surface area contributed by atoms with Crippen molar-refractivity contribution in [1.82, 2.24) is 5.32 Å². The van der Waals surface area contributed by atoms with Crippen molar-refractivity contribution < 1.29 is 9.59 Å². The molecule has 0 aliphatic carbocycles. The Morgan fingerprint density at radius 1 is 0.750 bits per heavy atom. The molecule has 28 heavy (non-hydrogen) atoms. The van der Waals surface area contributed by atoms with Crippen LogP contribution in [0.25, 0.3) is 0 Å². The first-order valence-electron chi connectivity index (χ1n) is 8.31. The van der Waals surface area contributed by atoms with Crippen LogP contribution in [0.3, 0.4) is 0 Å². The standard InChI is InChI=1S/C21H15Cl3N2O2/c22-15-8-4-13(5-9-15)19(21(28)25-18-3-1-2-17(24)12-18)26-20(27)14-6-10-16(23)11-7-14/h1-12,19H,(H,25,28)(H,26,27)/t19-/m1/s1. The van der Waals surface area contributed by atoms with Crippen molar-refractivity contribution in [3.05, 3.63) is 99.0 Å². The molecule has 0 saturated heterocycles. The number of hydrogen-bond donors (Lipinski definition) is 2. The largest absolute Gasteiger partial charge is 0.336 e. The summed E-state index contributed by atoms with van der Waals surface area (Å²) < 4.78 is 0. The van der Waals surface area contributed by atoms with Gasteiger partial charge in [0.25, 0.3) is 11.8 Å². The summed E-state index contributed by atoms with van der Waals surface area (Å²) in [6.45, 7) is 0. The molecule has 142 valence electrons. The van der Waals surface area contributed by atoms with Gasteiger partial charge in [0.2, 0.25) is 0 Å². The minimum absolute atomic E-state index is 0.388. The lowest BCUT2D eigenvalue weighted by atomic mass is 10.0. The SMILES string of the molecule is O=C(N[C@@H](C(=O)Nc1cccc(Cl)c1)c1ccc(Cl)cc1)c1ccc(Cl)cc1. The number of anilines is 1. The molecule has 3 aromatic carbocycles. The highest BCUT2D eigenvalue weighted by Crippen LogP contribution is 2.21. The molecule has 0 spiro atoms. The third-order valence-electron chi connectivity index (χ3n) is 3.94. The van der Waals surface area contributed by atoms with Gasteiger partial charge in [-0.15, -0.1) is 0 Å². The van der Waals surface area contributed by atoms with Crippen LogP contribution >= 0.6 is 34.8 Å². The van der Waals surface area contributed by atoms with E-state index in [-0.39, 0.29) is 0 Å². The summed E-state index contributed by atoms with van der Waals surface area (Å²) in [4.78, 5) is 25.5. The first kappa shape index (κ1) is 20.2. The zero-order valence-electron chi connectivity index (χ0n) is 14.5. The maximum atomic E-state index is 12.9. The third kappa shape index (κ3) is 5.26. The Morgan fingerprint density at radius 2 is 1.36 bits per heavy atom. The van der Waals surface area contributed by atoms with E-state index >= 15 is 0 Å². The van der Waals surface area contributed by atoms with Gasteiger partial charge in [-0.25, -0.2) is 0 Å². The number of hydrogen-bond acceptors (Lipinski definition) is 2. The monoisotopic (exact) mass is 432 g/mol. The second-order valence-corrected chi connectivity index (χ2v) is 7.27. The van der Waals surface area contributed by atoms with Crippen LogP contribution in [0, 0.1) is 0 Å². The Morgan fingerprint density at radius 3 is 1.96 bits per heavy atom. The van der Waals surface area contributed by atoms with Crippen molar-refractivity contribution >= 4 is 52.3 Å². The summed E-state index contributed by atoms with van der Waals surface area (Å²) in [7, 11) is 0. The van der Waals surface area contributed by atoms with Crippen LogP contribution in [0.1, 0.15) is 22.0 Å². The van der Waals surface area contributed by atoms with Crippen molar-refractivity contribution in [3.8, 4) is 0 Å². The van der Waals surface area contributed by atoms with E-state index in [1.165, 1.54) is 0 Å². The third-order valence-corrected chi connectivity index (χ3v) is 4.68. The van der Waals surface area contributed by atoms with E-state index in [1.807, 2.05) is 0 Å². The van der Waals surface area contributed by atoms with E-state index in [9.17, 15) is 9.59 Å². The molecule has 0 aromatic heterocycles. The summed E-state index contributed by atoms with van der Waals surface area (Å²) in [6, 6.07) is 18.9. The van der Waals surface area contributed by atoms with Gasteiger partial charge in [-0.1, -0.05) is 53.0 Å². The van der Waals surface area contributed by atoms with Crippen molar-refractivity contribution in [1.29, 1.82) is 0 Å². The lowest BCUT2D eigenvalue weighted by molar-refractivity contribution is -0.118. The molecular weight excluding hydrogens is 419 g/mol. The first-order chi connectivity index (χ1) is 13.4. The lowest BCUT2D eigenvalue weighted by Gasteiger charge is -2.19. The molecule has 3 aromatic rings. The molecule has 1 atom stereocenters. The van der Waals surface area contributed by atoms with Gasteiger partial charge in [0.05, 0.1) is 0 Å². The van der Waals surface area contributed by atoms with Crippen LogP contribution in [0.4, 0.5) is 5.69 Å². The molecule has 4 nitrogen and oxygen atoms in total. The number of amides is 2. The zero-order chi connectivity index (χ0) is 20.1. The molecule has 0 heterocycles. The Bertz CT molecular complexity index is 989. The molecule has 0 unspecified atom stereocenters. The fourth-order valence-electron chi connectivity index (χ4n) is 2.55.